The summed E-state index contributed by atoms with van der Waals surface area (Å²) in [7, 11) is 0. The number of thiol groups is 2. The molecule has 36 heavy (non-hydrogen) atoms. The van der Waals surface area contributed by atoms with Crippen LogP contribution in [0.3, 0.4) is 0 Å². The first kappa shape index (κ1) is 25.5. The number of carbonyl (C=O) groups excluding carboxylic acids is 1. The Bertz CT molecular complexity index is 1610. The maximum atomic E-state index is 13.5. The molecule has 9 heteroatoms. The molecule has 0 saturated carbocycles. The van der Waals surface area contributed by atoms with E-state index >= 15 is 0 Å². The Morgan fingerprint density at radius 1 is 0.944 bits per heavy atom. The van der Waals surface area contributed by atoms with Gasteiger partial charge in [0.25, 0.3) is 11.5 Å². The van der Waals surface area contributed by atoms with Gasteiger partial charge in [-0.3, -0.25) is 4.79 Å². The van der Waals surface area contributed by atoms with Crippen molar-refractivity contribution >= 4 is 46.9 Å². The van der Waals surface area contributed by atoms with Crippen molar-refractivity contribution in [2.24, 2.45) is 0 Å². The minimum atomic E-state index is -0.336. The molecular formula is C27H21ClN3O3S2+. The van der Waals surface area contributed by atoms with Crippen molar-refractivity contribution in [3.05, 3.63) is 118 Å². The molecule has 0 amide bonds. The van der Waals surface area contributed by atoms with E-state index in [0.29, 0.717) is 21.9 Å². The number of hydrogen-bond acceptors (Lipinski definition) is 6. The fourth-order valence-corrected chi connectivity index (χ4v) is 4.13. The third-order valence-corrected chi connectivity index (χ3v) is 5.89. The van der Waals surface area contributed by atoms with Crippen molar-refractivity contribution in [2.75, 3.05) is 0 Å². The normalized spacial score (nSPS) is 10.5. The number of fused-ring (bicyclic) bond motifs is 1. The fraction of sp³-hybridized carbons (Fsp3) is 0.0370. The molecule has 0 radical (unpaired) electrons. The van der Waals surface area contributed by atoms with E-state index in [-0.39, 0.29) is 23.5 Å². The standard InChI is InChI=1S/C27H18ClN3O3.H2S2/c28-23-11-10-19(15-29-23)16-31-24-9-1-2-12-30(24)26(33)25(27(31)34)22-8-4-7-21(14-22)20-6-3-5-18(13-20)17-32;1-2/h1-15,17H,16H2;1-2H/p+1. The lowest BCUT2D eigenvalue weighted by molar-refractivity contribution is -0.671. The number of pyridine rings is 2. The first-order valence-corrected chi connectivity index (χ1v) is 12.8. The molecule has 6 nitrogen and oxygen atoms in total. The summed E-state index contributed by atoms with van der Waals surface area (Å²) in [6, 6.07) is 23.4. The zero-order valence-electron chi connectivity index (χ0n) is 18.8. The number of nitrogens with zero attached hydrogens (tertiary/aromatic N) is 3. The first-order valence-electron chi connectivity index (χ1n) is 10.8. The lowest BCUT2D eigenvalue weighted by atomic mass is 9.99. The van der Waals surface area contributed by atoms with E-state index < -0.39 is 0 Å². The van der Waals surface area contributed by atoms with E-state index in [4.69, 9.17) is 11.6 Å². The predicted molar refractivity (Wildman–Crippen MR) is 148 cm³/mol. The number of hydrogen-bond donors (Lipinski definition) is 3. The topological polar surface area (TPSA) is 75.6 Å². The van der Waals surface area contributed by atoms with E-state index in [1.165, 1.54) is 4.40 Å². The van der Waals surface area contributed by atoms with Gasteiger partial charge >= 0.3 is 5.56 Å². The molecular weight excluding hydrogens is 514 g/mol. The molecule has 3 aromatic heterocycles. The smallest absolute Gasteiger partial charge is 0.354 e. The van der Waals surface area contributed by atoms with Crippen molar-refractivity contribution in [2.45, 2.75) is 6.54 Å². The molecule has 0 saturated heterocycles. The van der Waals surface area contributed by atoms with Gasteiger partial charge in [-0.05, 0) is 41.0 Å². The Kier molecular flexibility index (Phi) is 8.10. The second-order valence-corrected chi connectivity index (χ2v) is 8.22. The van der Waals surface area contributed by atoms with Crippen LogP contribution in [0.15, 0.2) is 96.1 Å². The number of aldehydes is 1. The highest BCUT2D eigenvalue weighted by Crippen LogP contribution is 2.29. The molecule has 0 spiro atoms. The summed E-state index contributed by atoms with van der Waals surface area (Å²) in [4.78, 5) is 28.8. The quantitative estimate of drug-likeness (QED) is 0.0940. The van der Waals surface area contributed by atoms with Crippen molar-refractivity contribution in [1.82, 2.24) is 9.38 Å². The average Bonchev–Trinajstić information content (AvgIpc) is 2.93. The molecule has 0 bridgehead atoms. The number of aromatic nitrogens is 3. The fourth-order valence-electron chi connectivity index (χ4n) is 4.02. The number of aromatic hydroxyl groups is 1. The third kappa shape index (κ3) is 5.16. The predicted octanol–water partition coefficient (Wildman–Crippen LogP) is 5.30. The molecule has 5 rings (SSSR count). The number of rotatable bonds is 5. The lowest BCUT2D eigenvalue weighted by Gasteiger charge is -2.11. The summed E-state index contributed by atoms with van der Waals surface area (Å²) in [6.45, 7) is 0.290. The van der Waals surface area contributed by atoms with Crippen LogP contribution in [0.1, 0.15) is 15.9 Å². The van der Waals surface area contributed by atoms with Crippen LogP contribution in [0.2, 0.25) is 5.15 Å². The average molecular weight is 535 g/mol. The van der Waals surface area contributed by atoms with Gasteiger partial charge in [0.1, 0.15) is 18.0 Å². The Hall–Kier alpha value is -3.59. The van der Waals surface area contributed by atoms with Crippen LogP contribution in [0.4, 0.5) is 0 Å². The number of halogens is 1. The monoisotopic (exact) mass is 534 g/mol. The van der Waals surface area contributed by atoms with Crippen molar-refractivity contribution in [3.8, 4) is 28.1 Å². The SMILES string of the molecule is O=Cc1cccc(-c2cccc(-c3c(O)[n+](Cc4ccc(Cl)nc4)c4ccccn4c3=O)c2)c1.SS. The molecule has 2 aromatic carbocycles. The second-order valence-electron chi connectivity index (χ2n) is 7.83. The van der Waals surface area contributed by atoms with Gasteiger partial charge in [0.2, 0.25) is 0 Å². The molecule has 1 N–H and O–H groups in total. The Morgan fingerprint density at radius 3 is 2.39 bits per heavy atom. The molecule has 3 heterocycles. The second kappa shape index (κ2) is 11.4. The van der Waals surface area contributed by atoms with Gasteiger partial charge in [0, 0.05) is 23.4 Å². The largest absolute Gasteiger partial charge is 0.477 e. The van der Waals surface area contributed by atoms with E-state index in [0.717, 1.165) is 23.0 Å². The minimum absolute atomic E-state index is 0.148. The minimum Gasteiger partial charge on any atom is -0.477 e. The van der Waals surface area contributed by atoms with E-state index in [1.807, 2.05) is 42.5 Å². The van der Waals surface area contributed by atoms with Gasteiger partial charge in [-0.25, -0.2) is 9.78 Å². The van der Waals surface area contributed by atoms with E-state index in [1.54, 1.807) is 53.4 Å². The van der Waals surface area contributed by atoms with Crippen molar-refractivity contribution < 1.29 is 14.5 Å². The maximum Gasteiger partial charge on any atom is 0.354 e. The number of carbonyl (C=O) groups is 1. The molecule has 5 aromatic rings. The zero-order chi connectivity index (χ0) is 25.7. The summed E-state index contributed by atoms with van der Waals surface area (Å²) < 4.78 is 3.18. The van der Waals surface area contributed by atoms with Crippen LogP contribution in [0.25, 0.3) is 27.9 Å². The first-order chi connectivity index (χ1) is 17.5. The van der Waals surface area contributed by atoms with Gasteiger partial charge in [-0.2, -0.15) is 8.97 Å². The van der Waals surface area contributed by atoms with Crippen LogP contribution in [0, 0.1) is 0 Å². The van der Waals surface area contributed by atoms with Crippen LogP contribution in [-0.4, -0.2) is 20.8 Å². The molecule has 0 aliphatic heterocycles. The van der Waals surface area contributed by atoms with E-state index in [2.05, 4.69) is 28.3 Å². The summed E-state index contributed by atoms with van der Waals surface area (Å²) in [5.74, 6) is -0.148. The van der Waals surface area contributed by atoms with Gasteiger partial charge < -0.3 is 5.11 Å². The van der Waals surface area contributed by atoms with Gasteiger partial charge in [-0.1, -0.05) is 60.1 Å². The van der Waals surface area contributed by atoms with Crippen LogP contribution < -0.4 is 10.1 Å². The van der Waals surface area contributed by atoms with Crippen LogP contribution >= 0.6 is 34.9 Å². The number of benzene rings is 2. The summed E-state index contributed by atoms with van der Waals surface area (Å²) in [5, 5.41) is 11.7. The van der Waals surface area contributed by atoms with Gasteiger partial charge in [0.05, 0.1) is 6.20 Å². The van der Waals surface area contributed by atoms with Crippen molar-refractivity contribution in [1.29, 1.82) is 0 Å². The molecule has 180 valence electrons. The lowest BCUT2D eigenvalue weighted by Crippen LogP contribution is -2.41. The summed E-state index contributed by atoms with van der Waals surface area (Å²) in [6.07, 6.45) is 4.11. The highest BCUT2D eigenvalue weighted by atomic mass is 35.5. The maximum absolute atomic E-state index is 13.5. The molecule has 0 unspecified atom stereocenters. The summed E-state index contributed by atoms with van der Waals surface area (Å²) in [5.41, 5.74) is 4.00. The van der Waals surface area contributed by atoms with Gasteiger partial charge in [0.15, 0.2) is 5.56 Å². The zero-order valence-corrected chi connectivity index (χ0v) is 21.4. The van der Waals surface area contributed by atoms with Crippen molar-refractivity contribution in [3.63, 3.8) is 0 Å². The molecule has 0 aliphatic rings. The third-order valence-electron chi connectivity index (χ3n) is 5.66. The summed E-state index contributed by atoms with van der Waals surface area (Å²) >= 11 is 12.4. The molecule has 0 atom stereocenters. The highest BCUT2D eigenvalue weighted by Gasteiger charge is 2.25. The van der Waals surface area contributed by atoms with Gasteiger partial charge in [-0.15, -0.1) is 23.3 Å². The van der Waals surface area contributed by atoms with Crippen LogP contribution in [-0.2, 0) is 6.54 Å². The van der Waals surface area contributed by atoms with Crippen LogP contribution in [0.5, 0.6) is 5.88 Å². The molecule has 0 fully saturated rings. The Balaban J connectivity index is 0.00000148. The Labute approximate surface area is 222 Å². The molecule has 0 aliphatic carbocycles. The van der Waals surface area contributed by atoms with E-state index in [9.17, 15) is 14.7 Å². The Morgan fingerprint density at radius 2 is 1.67 bits per heavy atom. The highest BCUT2D eigenvalue weighted by molar-refractivity contribution is 8.59.